The highest BCUT2D eigenvalue weighted by molar-refractivity contribution is 6.35. The van der Waals surface area contributed by atoms with Gasteiger partial charge in [-0.1, -0.05) is 30.7 Å². The number of hydrogen-bond acceptors (Lipinski definition) is 8. The van der Waals surface area contributed by atoms with Crippen molar-refractivity contribution in [1.82, 2.24) is 0 Å². The summed E-state index contributed by atoms with van der Waals surface area (Å²) in [5, 5.41) is 20.7. The molecule has 0 fully saturated rings. The van der Waals surface area contributed by atoms with E-state index >= 15 is 0 Å². The van der Waals surface area contributed by atoms with E-state index in [0.29, 0.717) is 13.0 Å². The van der Waals surface area contributed by atoms with E-state index in [1.54, 1.807) is 31.2 Å². The molecule has 0 saturated carbocycles. The van der Waals surface area contributed by atoms with Crippen LogP contribution in [0.5, 0.6) is 23.0 Å². The molecule has 4 rings (SSSR count). The van der Waals surface area contributed by atoms with E-state index in [2.05, 4.69) is 4.99 Å². The minimum atomic E-state index is -1.82. The highest BCUT2D eigenvalue weighted by atomic mass is 35.5. The molecule has 9 heteroatoms. The highest BCUT2D eigenvalue weighted by Crippen LogP contribution is 2.54. The van der Waals surface area contributed by atoms with Crippen molar-refractivity contribution in [2.75, 3.05) is 20.8 Å². The summed E-state index contributed by atoms with van der Waals surface area (Å²) in [6, 6.07) is 8.19. The van der Waals surface area contributed by atoms with Crippen molar-refractivity contribution >= 4 is 29.4 Å². The standard InChI is InChI=1S/C25H24ClNO7/c1-13-10-17(29)16(12-27-9-8-14-4-6-15(28)7-5-14)23(30)25(13)24(31)20-18(32-2)11-19(33-3)21(26)22(20)34-25/h4-7,11-13,28,30H,8-10H2,1-3H3/t13-,25+/m1/s1. The van der Waals surface area contributed by atoms with Crippen molar-refractivity contribution in [2.45, 2.75) is 25.4 Å². The summed E-state index contributed by atoms with van der Waals surface area (Å²) in [6.07, 6.45) is 1.82. The van der Waals surface area contributed by atoms with Crippen molar-refractivity contribution < 1.29 is 34.0 Å². The van der Waals surface area contributed by atoms with Crippen molar-refractivity contribution in [3.8, 4) is 23.0 Å². The molecule has 178 valence electrons. The lowest BCUT2D eigenvalue weighted by molar-refractivity contribution is -0.118. The number of aliphatic hydroxyl groups is 1. The van der Waals surface area contributed by atoms with Gasteiger partial charge in [-0.15, -0.1) is 0 Å². The summed E-state index contributed by atoms with van der Waals surface area (Å²) in [4.78, 5) is 30.7. The Balaban J connectivity index is 1.69. The number of ether oxygens (including phenoxy) is 3. The van der Waals surface area contributed by atoms with Gasteiger partial charge in [0.1, 0.15) is 27.8 Å². The first-order valence-corrected chi connectivity index (χ1v) is 11.0. The van der Waals surface area contributed by atoms with Crippen molar-refractivity contribution in [1.29, 1.82) is 0 Å². The number of phenols is 1. The van der Waals surface area contributed by atoms with E-state index in [-0.39, 0.29) is 51.4 Å². The van der Waals surface area contributed by atoms with Crippen LogP contribution in [0.25, 0.3) is 0 Å². The quantitative estimate of drug-likeness (QED) is 0.591. The number of ketones is 2. The van der Waals surface area contributed by atoms with Crippen molar-refractivity contribution in [3.63, 3.8) is 0 Å². The van der Waals surface area contributed by atoms with Crippen LogP contribution in [0.3, 0.4) is 0 Å². The first kappa shape index (κ1) is 23.6. The molecule has 1 spiro atoms. The van der Waals surface area contributed by atoms with Crippen LogP contribution in [-0.2, 0) is 11.2 Å². The number of Topliss-reactive ketones (excluding diaryl/α,β-unsaturated/α-hetero) is 2. The number of phenolic OH excluding ortho intramolecular Hbond substituents is 1. The van der Waals surface area contributed by atoms with Gasteiger partial charge < -0.3 is 24.4 Å². The van der Waals surface area contributed by atoms with Crippen LogP contribution in [-0.4, -0.2) is 54.4 Å². The molecule has 0 aromatic heterocycles. The van der Waals surface area contributed by atoms with E-state index in [9.17, 15) is 19.8 Å². The van der Waals surface area contributed by atoms with Crippen LogP contribution in [0.4, 0.5) is 0 Å². The molecule has 0 saturated heterocycles. The van der Waals surface area contributed by atoms with Gasteiger partial charge in [-0.05, 0) is 24.1 Å². The molecule has 2 aliphatic rings. The minimum Gasteiger partial charge on any atom is -0.508 e. The summed E-state index contributed by atoms with van der Waals surface area (Å²) in [5.74, 6) is -1.39. The van der Waals surface area contributed by atoms with Crippen molar-refractivity contribution in [3.05, 3.63) is 57.8 Å². The first-order valence-electron chi connectivity index (χ1n) is 10.7. The predicted octanol–water partition coefficient (Wildman–Crippen LogP) is 4.11. The average molecular weight is 486 g/mol. The minimum absolute atomic E-state index is 0.0276. The molecule has 2 aromatic rings. The van der Waals surface area contributed by atoms with Gasteiger partial charge in [-0.2, -0.15) is 0 Å². The molecule has 0 radical (unpaired) electrons. The number of rotatable bonds is 6. The molecule has 1 heterocycles. The van der Waals surface area contributed by atoms with Gasteiger partial charge >= 0.3 is 0 Å². The number of aliphatic hydroxyl groups excluding tert-OH is 1. The number of allylic oxidation sites excluding steroid dienone is 1. The summed E-state index contributed by atoms with van der Waals surface area (Å²) in [6.45, 7) is 2.00. The molecule has 0 amide bonds. The number of fused-ring (bicyclic) bond motifs is 1. The normalized spacial score (nSPS) is 21.8. The number of halogens is 1. The Hall–Kier alpha value is -3.52. The zero-order chi connectivity index (χ0) is 24.6. The molecule has 34 heavy (non-hydrogen) atoms. The Labute approximate surface area is 201 Å². The number of hydrogen-bond donors (Lipinski definition) is 2. The predicted molar refractivity (Wildman–Crippen MR) is 126 cm³/mol. The summed E-state index contributed by atoms with van der Waals surface area (Å²) in [5.41, 5.74) is -0.858. The van der Waals surface area contributed by atoms with Crippen LogP contribution >= 0.6 is 11.6 Å². The Morgan fingerprint density at radius 1 is 1.18 bits per heavy atom. The van der Waals surface area contributed by atoms with E-state index in [4.69, 9.17) is 25.8 Å². The Morgan fingerprint density at radius 2 is 1.85 bits per heavy atom. The van der Waals surface area contributed by atoms with Crippen LogP contribution in [0.1, 0.15) is 29.3 Å². The Morgan fingerprint density at radius 3 is 2.50 bits per heavy atom. The number of carbonyl (C=O) groups excluding carboxylic acids is 2. The van der Waals surface area contributed by atoms with E-state index < -0.39 is 23.1 Å². The second-order valence-corrected chi connectivity index (χ2v) is 8.59. The Kier molecular flexibility index (Phi) is 6.27. The zero-order valence-corrected chi connectivity index (χ0v) is 19.7. The van der Waals surface area contributed by atoms with Crippen LogP contribution in [0.2, 0.25) is 5.02 Å². The molecule has 8 nitrogen and oxygen atoms in total. The number of benzene rings is 2. The SMILES string of the molecule is COc1cc(OC)c2c(c1Cl)O[C@]1(C2=O)C(O)=C(C=NCCc2ccc(O)cc2)C(=O)C[C@H]1C. The van der Waals surface area contributed by atoms with Gasteiger partial charge in [0.05, 0.1) is 19.8 Å². The zero-order valence-electron chi connectivity index (χ0n) is 18.9. The molecule has 1 aliphatic carbocycles. The molecule has 0 unspecified atom stereocenters. The van der Waals surface area contributed by atoms with Crippen molar-refractivity contribution in [2.24, 2.45) is 10.9 Å². The lowest BCUT2D eigenvalue weighted by Gasteiger charge is -2.36. The van der Waals surface area contributed by atoms with Gasteiger partial charge in [0.15, 0.2) is 17.3 Å². The lowest BCUT2D eigenvalue weighted by atomic mass is 9.73. The average Bonchev–Trinajstić information content (AvgIpc) is 3.14. The largest absolute Gasteiger partial charge is 0.508 e. The molecular formula is C25H24ClNO7. The number of methoxy groups -OCH3 is 2. The van der Waals surface area contributed by atoms with E-state index in [0.717, 1.165) is 5.56 Å². The van der Waals surface area contributed by atoms with Gasteiger partial charge in [-0.3, -0.25) is 14.6 Å². The maximum Gasteiger partial charge on any atom is 0.231 e. The maximum absolute atomic E-state index is 13.6. The lowest BCUT2D eigenvalue weighted by Crippen LogP contribution is -2.52. The van der Waals surface area contributed by atoms with Gasteiger partial charge in [0, 0.05) is 31.2 Å². The summed E-state index contributed by atoms with van der Waals surface area (Å²) in [7, 11) is 2.82. The number of aromatic hydroxyl groups is 1. The third-order valence-corrected chi connectivity index (χ3v) is 6.56. The van der Waals surface area contributed by atoms with E-state index in [1.165, 1.54) is 26.5 Å². The van der Waals surface area contributed by atoms with Crippen LogP contribution in [0.15, 0.2) is 46.7 Å². The monoisotopic (exact) mass is 485 g/mol. The fourth-order valence-corrected chi connectivity index (χ4v) is 4.59. The molecule has 2 N–H and O–H groups in total. The smallest absolute Gasteiger partial charge is 0.231 e. The second kappa shape index (κ2) is 9.02. The molecule has 0 bridgehead atoms. The third kappa shape index (κ3) is 3.68. The second-order valence-electron chi connectivity index (χ2n) is 8.21. The number of carbonyl (C=O) groups is 2. The topological polar surface area (TPSA) is 115 Å². The van der Waals surface area contributed by atoms with Gasteiger partial charge in [0.2, 0.25) is 11.4 Å². The molecular weight excluding hydrogens is 462 g/mol. The fourth-order valence-electron chi connectivity index (χ4n) is 4.32. The van der Waals surface area contributed by atoms with Gasteiger partial charge in [-0.25, -0.2) is 0 Å². The summed E-state index contributed by atoms with van der Waals surface area (Å²) >= 11 is 6.42. The number of aliphatic imine (C=N–C) groups is 1. The van der Waals surface area contributed by atoms with E-state index in [1.807, 2.05) is 0 Å². The Bertz CT molecular complexity index is 1220. The van der Waals surface area contributed by atoms with Crippen LogP contribution in [0, 0.1) is 5.92 Å². The molecule has 1 aliphatic heterocycles. The fraction of sp³-hybridized carbons (Fsp3) is 0.320. The first-order chi connectivity index (χ1) is 16.2. The van der Waals surface area contributed by atoms with Gasteiger partial charge in [0.25, 0.3) is 0 Å². The number of nitrogens with zero attached hydrogens (tertiary/aromatic N) is 1. The molecule has 2 aromatic carbocycles. The molecule has 2 atom stereocenters. The van der Waals surface area contributed by atoms with Crippen LogP contribution < -0.4 is 14.2 Å². The third-order valence-electron chi connectivity index (χ3n) is 6.20. The highest BCUT2D eigenvalue weighted by Gasteiger charge is 2.60. The summed E-state index contributed by atoms with van der Waals surface area (Å²) < 4.78 is 16.7. The maximum atomic E-state index is 13.6.